The zero-order chi connectivity index (χ0) is 17.9. The molecule has 2 saturated heterocycles. The van der Waals surface area contributed by atoms with Gasteiger partial charge in [0.25, 0.3) is 0 Å². The standard InChI is InChI=1S/C17H24N2O5S/c1-25(21,22)19(15-5-3-2-4-6-15)10-7-16(20)18-11-8-17(9-12-18)23-13-14-24-17/h2-6H,7-14H2,1H3. The van der Waals surface area contributed by atoms with Gasteiger partial charge in [0.1, 0.15) is 0 Å². The minimum atomic E-state index is -3.44. The van der Waals surface area contributed by atoms with Gasteiger partial charge in [0, 0.05) is 38.9 Å². The first kappa shape index (κ1) is 18.2. The third-order valence-electron chi connectivity index (χ3n) is 4.66. The van der Waals surface area contributed by atoms with E-state index in [0.717, 1.165) is 6.26 Å². The van der Waals surface area contributed by atoms with E-state index in [-0.39, 0.29) is 18.9 Å². The molecule has 1 aromatic rings. The molecule has 2 heterocycles. The fourth-order valence-electron chi connectivity index (χ4n) is 3.32. The number of carbonyl (C=O) groups is 1. The summed E-state index contributed by atoms with van der Waals surface area (Å²) >= 11 is 0. The van der Waals surface area contributed by atoms with Crippen LogP contribution in [0.25, 0.3) is 0 Å². The molecule has 2 aliphatic heterocycles. The second-order valence-corrected chi connectivity index (χ2v) is 8.32. The predicted octanol–water partition coefficient (Wildman–Crippen LogP) is 1.21. The lowest BCUT2D eigenvalue weighted by Crippen LogP contribution is -2.48. The van der Waals surface area contributed by atoms with Crippen LogP contribution in [0.15, 0.2) is 30.3 Å². The highest BCUT2D eigenvalue weighted by Crippen LogP contribution is 2.31. The van der Waals surface area contributed by atoms with Crippen LogP contribution in [0.5, 0.6) is 0 Å². The van der Waals surface area contributed by atoms with Crippen molar-refractivity contribution in [2.24, 2.45) is 0 Å². The normalized spacial score (nSPS) is 20.0. The number of hydrogen-bond donors (Lipinski definition) is 0. The quantitative estimate of drug-likeness (QED) is 0.781. The van der Waals surface area contributed by atoms with Gasteiger partial charge in [-0.2, -0.15) is 0 Å². The molecule has 0 unspecified atom stereocenters. The van der Waals surface area contributed by atoms with E-state index in [9.17, 15) is 13.2 Å². The van der Waals surface area contributed by atoms with E-state index < -0.39 is 15.8 Å². The molecule has 2 fully saturated rings. The van der Waals surface area contributed by atoms with Gasteiger partial charge in [0.15, 0.2) is 5.79 Å². The highest BCUT2D eigenvalue weighted by atomic mass is 32.2. The molecule has 1 amide bonds. The Labute approximate surface area is 148 Å². The SMILES string of the molecule is CS(=O)(=O)N(CCC(=O)N1CCC2(CC1)OCCO2)c1ccccc1. The van der Waals surface area contributed by atoms with Crippen LogP contribution in [0.1, 0.15) is 19.3 Å². The maximum absolute atomic E-state index is 12.5. The van der Waals surface area contributed by atoms with Crippen LogP contribution >= 0.6 is 0 Å². The Morgan fingerprint density at radius 2 is 1.76 bits per heavy atom. The van der Waals surface area contributed by atoms with Crippen LogP contribution in [0, 0.1) is 0 Å². The van der Waals surface area contributed by atoms with E-state index in [1.807, 2.05) is 6.07 Å². The predicted molar refractivity (Wildman–Crippen MR) is 93.7 cm³/mol. The molecule has 2 aliphatic rings. The summed E-state index contributed by atoms with van der Waals surface area (Å²) in [5.41, 5.74) is 0.572. The number of piperidine rings is 1. The second kappa shape index (κ2) is 7.31. The average molecular weight is 368 g/mol. The molecule has 0 saturated carbocycles. The van der Waals surface area contributed by atoms with E-state index in [1.165, 1.54) is 4.31 Å². The monoisotopic (exact) mass is 368 g/mol. The Balaban J connectivity index is 1.57. The van der Waals surface area contributed by atoms with E-state index >= 15 is 0 Å². The largest absolute Gasteiger partial charge is 0.347 e. The summed E-state index contributed by atoms with van der Waals surface area (Å²) in [5.74, 6) is -0.558. The van der Waals surface area contributed by atoms with Crippen molar-refractivity contribution in [2.75, 3.05) is 43.4 Å². The minimum Gasteiger partial charge on any atom is -0.347 e. The molecule has 1 spiro atoms. The summed E-state index contributed by atoms with van der Waals surface area (Å²) in [6, 6.07) is 8.84. The van der Waals surface area contributed by atoms with E-state index in [2.05, 4.69) is 0 Å². The number of carbonyl (C=O) groups excluding carboxylic acids is 1. The summed E-state index contributed by atoms with van der Waals surface area (Å²) in [7, 11) is -3.44. The second-order valence-electron chi connectivity index (χ2n) is 6.41. The summed E-state index contributed by atoms with van der Waals surface area (Å²) in [6.45, 7) is 2.49. The first-order valence-corrected chi connectivity index (χ1v) is 10.3. The molecule has 0 radical (unpaired) electrons. The van der Waals surface area contributed by atoms with E-state index in [1.54, 1.807) is 29.2 Å². The van der Waals surface area contributed by atoms with Crippen molar-refractivity contribution < 1.29 is 22.7 Å². The van der Waals surface area contributed by atoms with Gasteiger partial charge in [-0.1, -0.05) is 18.2 Å². The Bertz CT molecular complexity index is 691. The molecule has 0 aromatic heterocycles. The maximum atomic E-state index is 12.5. The molecule has 0 atom stereocenters. The van der Waals surface area contributed by atoms with Gasteiger partial charge in [0.2, 0.25) is 15.9 Å². The van der Waals surface area contributed by atoms with Crippen LogP contribution in [0.3, 0.4) is 0 Å². The minimum absolute atomic E-state index is 0.0440. The molecule has 3 rings (SSSR count). The first-order chi connectivity index (χ1) is 11.9. The maximum Gasteiger partial charge on any atom is 0.232 e. The molecular weight excluding hydrogens is 344 g/mol. The lowest BCUT2D eigenvalue weighted by Gasteiger charge is -2.37. The van der Waals surface area contributed by atoms with Crippen molar-refractivity contribution in [3.8, 4) is 0 Å². The topological polar surface area (TPSA) is 76.2 Å². The van der Waals surface area contributed by atoms with Gasteiger partial charge in [0.05, 0.1) is 25.2 Å². The van der Waals surface area contributed by atoms with Gasteiger partial charge in [-0.3, -0.25) is 9.10 Å². The Morgan fingerprint density at radius 1 is 1.16 bits per heavy atom. The highest BCUT2D eigenvalue weighted by Gasteiger charge is 2.40. The summed E-state index contributed by atoms with van der Waals surface area (Å²) in [5, 5.41) is 0. The summed E-state index contributed by atoms with van der Waals surface area (Å²) in [6.07, 6.45) is 2.63. The van der Waals surface area contributed by atoms with Gasteiger partial charge in [-0.05, 0) is 12.1 Å². The van der Waals surface area contributed by atoms with Gasteiger partial charge >= 0.3 is 0 Å². The third-order valence-corrected chi connectivity index (χ3v) is 5.86. The van der Waals surface area contributed by atoms with Crippen LogP contribution < -0.4 is 4.31 Å². The number of anilines is 1. The molecule has 0 bridgehead atoms. The molecule has 25 heavy (non-hydrogen) atoms. The molecule has 0 N–H and O–H groups in total. The average Bonchev–Trinajstić information content (AvgIpc) is 3.03. The van der Waals surface area contributed by atoms with E-state index in [4.69, 9.17) is 9.47 Å². The smallest absolute Gasteiger partial charge is 0.232 e. The fourth-order valence-corrected chi connectivity index (χ4v) is 4.25. The molecule has 7 nitrogen and oxygen atoms in total. The lowest BCUT2D eigenvalue weighted by molar-refractivity contribution is -0.187. The molecule has 0 aliphatic carbocycles. The number of para-hydroxylation sites is 1. The summed E-state index contributed by atoms with van der Waals surface area (Å²) in [4.78, 5) is 14.3. The first-order valence-electron chi connectivity index (χ1n) is 8.48. The third kappa shape index (κ3) is 4.31. The van der Waals surface area contributed by atoms with Crippen molar-refractivity contribution >= 4 is 21.6 Å². The Morgan fingerprint density at radius 3 is 2.32 bits per heavy atom. The van der Waals surface area contributed by atoms with Crippen LogP contribution in [0.4, 0.5) is 5.69 Å². The number of nitrogens with zero attached hydrogens (tertiary/aromatic N) is 2. The van der Waals surface area contributed by atoms with Crippen molar-refractivity contribution in [2.45, 2.75) is 25.0 Å². The lowest BCUT2D eigenvalue weighted by atomic mass is 10.0. The number of ether oxygens (including phenoxy) is 2. The molecule has 8 heteroatoms. The summed E-state index contributed by atoms with van der Waals surface area (Å²) < 4.78 is 36.7. The van der Waals surface area contributed by atoms with E-state index in [0.29, 0.717) is 44.8 Å². The Kier molecular flexibility index (Phi) is 5.31. The number of sulfonamides is 1. The highest BCUT2D eigenvalue weighted by molar-refractivity contribution is 7.92. The number of benzene rings is 1. The van der Waals surface area contributed by atoms with Crippen molar-refractivity contribution in [3.05, 3.63) is 30.3 Å². The van der Waals surface area contributed by atoms with Crippen molar-refractivity contribution in [3.63, 3.8) is 0 Å². The zero-order valence-electron chi connectivity index (χ0n) is 14.4. The van der Waals surface area contributed by atoms with Crippen LogP contribution in [0.2, 0.25) is 0 Å². The van der Waals surface area contributed by atoms with Crippen LogP contribution in [-0.2, 0) is 24.3 Å². The molecule has 1 aromatic carbocycles. The zero-order valence-corrected chi connectivity index (χ0v) is 15.2. The van der Waals surface area contributed by atoms with Crippen molar-refractivity contribution in [1.82, 2.24) is 4.90 Å². The van der Waals surface area contributed by atoms with Gasteiger partial charge in [-0.25, -0.2) is 8.42 Å². The number of amides is 1. The van der Waals surface area contributed by atoms with Crippen molar-refractivity contribution in [1.29, 1.82) is 0 Å². The van der Waals surface area contributed by atoms with Gasteiger partial charge in [-0.15, -0.1) is 0 Å². The van der Waals surface area contributed by atoms with Crippen LogP contribution in [-0.4, -0.2) is 64.1 Å². The fraction of sp³-hybridized carbons (Fsp3) is 0.588. The Hall–Kier alpha value is -1.64. The molecule has 138 valence electrons. The molecular formula is C17H24N2O5S. The number of rotatable bonds is 5. The number of hydrogen-bond acceptors (Lipinski definition) is 5. The number of likely N-dealkylation sites (tertiary alicyclic amines) is 1. The van der Waals surface area contributed by atoms with Gasteiger partial charge < -0.3 is 14.4 Å².